The molecule has 0 aliphatic heterocycles. The van der Waals surface area contributed by atoms with Crippen LogP contribution in [0.1, 0.15) is 87.2 Å². The second-order valence-corrected chi connectivity index (χ2v) is 11.4. The molecular formula is C30H37FN4O3. The number of rotatable bonds is 10. The number of aromatic carboxylic acids is 1. The highest BCUT2D eigenvalue weighted by atomic mass is 19.1. The van der Waals surface area contributed by atoms with Crippen LogP contribution in [0.4, 0.5) is 15.8 Å². The number of aromatic nitrogens is 1. The molecule has 2 aliphatic carbocycles. The van der Waals surface area contributed by atoms with Crippen LogP contribution in [0.25, 0.3) is 10.9 Å². The molecule has 1 aromatic heterocycles. The molecule has 5 rings (SSSR count). The fraction of sp³-hybridized carbons (Fsp3) is 0.467. The Kier molecular flexibility index (Phi) is 6.94. The van der Waals surface area contributed by atoms with Gasteiger partial charge < -0.3 is 26.0 Å². The Morgan fingerprint density at radius 3 is 2.61 bits per heavy atom. The molecule has 0 amide bonds. The summed E-state index contributed by atoms with van der Waals surface area (Å²) < 4.78 is 17.3. The van der Waals surface area contributed by atoms with Crippen molar-refractivity contribution in [2.75, 3.05) is 11.1 Å². The molecule has 0 spiro atoms. The van der Waals surface area contributed by atoms with Crippen molar-refractivity contribution < 1.29 is 14.3 Å². The number of pyridine rings is 1. The molecule has 2 aliphatic rings. The summed E-state index contributed by atoms with van der Waals surface area (Å²) in [6.07, 6.45) is 7.16. The largest absolute Gasteiger partial charge is 0.477 e. The zero-order valence-electron chi connectivity index (χ0n) is 22.3. The average molecular weight is 521 g/mol. The van der Waals surface area contributed by atoms with E-state index in [1.54, 1.807) is 10.6 Å². The highest BCUT2D eigenvalue weighted by molar-refractivity contribution is 5.99. The number of nitrogens with one attached hydrogen (secondary N) is 2. The van der Waals surface area contributed by atoms with Gasteiger partial charge in [-0.05, 0) is 51.2 Å². The van der Waals surface area contributed by atoms with Gasteiger partial charge in [-0.25, -0.2) is 9.18 Å². The summed E-state index contributed by atoms with van der Waals surface area (Å²) in [5.74, 6) is -1.51. The minimum Gasteiger partial charge on any atom is -0.477 e. The first-order chi connectivity index (χ1) is 18.1. The number of hydrogen-bond donors (Lipinski definition) is 4. The number of carboxylic acid groups (broad SMARTS) is 1. The monoisotopic (exact) mass is 520 g/mol. The summed E-state index contributed by atoms with van der Waals surface area (Å²) in [6, 6.07) is 12.9. The molecule has 0 unspecified atom stereocenters. The first kappa shape index (κ1) is 26.2. The van der Waals surface area contributed by atoms with E-state index in [0.717, 1.165) is 38.5 Å². The summed E-state index contributed by atoms with van der Waals surface area (Å²) in [5, 5.41) is 16.7. The highest BCUT2D eigenvalue weighted by Crippen LogP contribution is 2.46. The van der Waals surface area contributed by atoms with E-state index in [9.17, 15) is 14.7 Å². The molecule has 7 nitrogen and oxygen atoms in total. The lowest BCUT2D eigenvalue weighted by Gasteiger charge is -2.50. The van der Waals surface area contributed by atoms with E-state index in [1.165, 1.54) is 11.8 Å². The molecule has 5 N–H and O–H groups in total. The van der Waals surface area contributed by atoms with Gasteiger partial charge in [-0.3, -0.25) is 4.79 Å². The van der Waals surface area contributed by atoms with Crippen LogP contribution in [-0.4, -0.2) is 33.3 Å². The minimum absolute atomic E-state index is 0.0851. The number of hydrogen-bond acceptors (Lipinski definition) is 5. The van der Waals surface area contributed by atoms with Crippen molar-refractivity contribution in [2.24, 2.45) is 0 Å². The van der Waals surface area contributed by atoms with Crippen LogP contribution in [0.15, 0.2) is 47.4 Å². The Labute approximate surface area is 222 Å². The fourth-order valence-corrected chi connectivity index (χ4v) is 6.10. The summed E-state index contributed by atoms with van der Waals surface area (Å²) >= 11 is 0. The number of halogens is 1. The van der Waals surface area contributed by atoms with E-state index in [4.69, 9.17) is 5.73 Å². The maximum Gasteiger partial charge on any atom is 0.341 e. The third kappa shape index (κ3) is 4.77. The second-order valence-electron chi connectivity index (χ2n) is 11.4. The van der Waals surface area contributed by atoms with Crippen LogP contribution in [0.5, 0.6) is 0 Å². The van der Waals surface area contributed by atoms with Gasteiger partial charge in [0.15, 0.2) is 5.82 Å². The molecule has 2 fully saturated rings. The molecule has 202 valence electrons. The van der Waals surface area contributed by atoms with Gasteiger partial charge in [0, 0.05) is 35.8 Å². The van der Waals surface area contributed by atoms with E-state index in [0.29, 0.717) is 23.5 Å². The number of carboxylic acids is 1. The maximum absolute atomic E-state index is 15.6. The van der Waals surface area contributed by atoms with Crippen molar-refractivity contribution in [1.29, 1.82) is 0 Å². The van der Waals surface area contributed by atoms with Gasteiger partial charge in [0.2, 0.25) is 5.43 Å². The number of fused-ring (bicyclic) bond motifs is 1. The molecule has 2 aromatic carbocycles. The Morgan fingerprint density at radius 1 is 1.26 bits per heavy atom. The number of benzene rings is 2. The highest BCUT2D eigenvalue weighted by Gasteiger charge is 2.48. The van der Waals surface area contributed by atoms with Gasteiger partial charge in [0.25, 0.3) is 0 Å². The van der Waals surface area contributed by atoms with Crippen molar-refractivity contribution >= 4 is 28.2 Å². The van der Waals surface area contributed by atoms with Crippen LogP contribution < -0.4 is 21.8 Å². The standard InChI is InChI=1S/C30H37FN4O3/c1-4-5-11-30(14-19(15-30)33-22-12-20(22)18-9-7-6-8-10-18)34-23-13-24-25(27(32)26(23)31)28(36)21(29(37)38)16-35(24)17(2)3/h6-10,13,16-17,19-20,22,33-34H,4-5,11-12,14-15,32H2,1-3H3,(H,37,38)/t19?,20-,22+,30?/m0/s1. The average Bonchev–Trinajstić information content (AvgIpc) is 3.64. The summed E-state index contributed by atoms with van der Waals surface area (Å²) in [5.41, 5.74) is 6.48. The molecule has 1 heterocycles. The van der Waals surface area contributed by atoms with Crippen molar-refractivity contribution in [2.45, 2.75) is 88.9 Å². The van der Waals surface area contributed by atoms with Gasteiger partial charge >= 0.3 is 5.97 Å². The summed E-state index contributed by atoms with van der Waals surface area (Å²) in [4.78, 5) is 24.6. The molecular weight excluding hydrogens is 483 g/mol. The number of nitrogen functional groups attached to an aromatic ring is 1. The fourth-order valence-electron chi connectivity index (χ4n) is 6.10. The van der Waals surface area contributed by atoms with E-state index < -0.39 is 22.8 Å². The van der Waals surface area contributed by atoms with E-state index in [1.807, 2.05) is 19.9 Å². The SMILES string of the molecule is CCCCC1(Nc2cc3c(c(N)c2F)c(=O)c(C(=O)O)cn3C(C)C)CC(N[C@@H]2C[C@H]2c2ccccc2)C1. The quantitative estimate of drug-likeness (QED) is 0.257. The number of nitrogens with zero attached hydrogens (tertiary/aromatic N) is 1. The Morgan fingerprint density at radius 2 is 1.97 bits per heavy atom. The van der Waals surface area contributed by atoms with E-state index >= 15 is 4.39 Å². The molecule has 2 saturated carbocycles. The van der Waals surface area contributed by atoms with E-state index in [2.05, 4.69) is 41.8 Å². The minimum atomic E-state index is -1.36. The van der Waals surface area contributed by atoms with Crippen LogP contribution in [0.3, 0.4) is 0 Å². The number of unbranched alkanes of at least 4 members (excludes halogenated alkanes) is 1. The summed E-state index contributed by atoms with van der Waals surface area (Å²) in [6.45, 7) is 5.91. The van der Waals surface area contributed by atoms with Crippen LogP contribution in [-0.2, 0) is 0 Å². The third-order valence-corrected chi connectivity index (χ3v) is 8.24. The van der Waals surface area contributed by atoms with Crippen LogP contribution >= 0.6 is 0 Å². The van der Waals surface area contributed by atoms with Crippen molar-refractivity contribution in [3.63, 3.8) is 0 Å². The van der Waals surface area contributed by atoms with E-state index in [-0.39, 0.29) is 28.3 Å². The topological polar surface area (TPSA) is 109 Å². The van der Waals surface area contributed by atoms with Crippen molar-refractivity contribution in [3.8, 4) is 0 Å². The van der Waals surface area contributed by atoms with Gasteiger partial charge in [-0.1, -0.05) is 50.1 Å². The lowest BCUT2D eigenvalue weighted by atomic mass is 9.69. The smallest absolute Gasteiger partial charge is 0.341 e. The normalized spacial score (nSPS) is 24.4. The molecule has 3 aromatic rings. The third-order valence-electron chi connectivity index (χ3n) is 8.24. The predicted octanol–water partition coefficient (Wildman–Crippen LogP) is 5.65. The van der Waals surface area contributed by atoms with Crippen molar-refractivity contribution in [3.05, 3.63) is 69.8 Å². The Hall–Kier alpha value is -3.39. The summed E-state index contributed by atoms with van der Waals surface area (Å²) in [7, 11) is 0. The molecule has 38 heavy (non-hydrogen) atoms. The number of nitrogens with two attached hydrogens (primary N) is 1. The zero-order chi connectivity index (χ0) is 27.2. The predicted molar refractivity (Wildman–Crippen MR) is 150 cm³/mol. The second kappa shape index (κ2) is 10.1. The Balaban J connectivity index is 1.41. The van der Waals surface area contributed by atoms with Gasteiger partial charge in [-0.2, -0.15) is 0 Å². The Bertz CT molecular complexity index is 1410. The number of carbonyl (C=O) groups is 1. The van der Waals surface area contributed by atoms with Gasteiger partial charge in [0.1, 0.15) is 5.56 Å². The molecule has 8 heteroatoms. The molecule has 0 saturated heterocycles. The first-order valence-corrected chi connectivity index (χ1v) is 13.6. The maximum atomic E-state index is 15.6. The molecule has 2 atom stereocenters. The molecule has 0 bridgehead atoms. The zero-order valence-corrected chi connectivity index (χ0v) is 22.3. The van der Waals surface area contributed by atoms with Crippen LogP contribution in [0, 0.1) is 5.82 Å². The van der Waals surface area contributed by atoms with Crippen LogP contribution in [0.2, 0.25) is 0 Å². The lowest BCUT2D eigenvalue weighted by molar-refractivity contribution is 0.0694. The molecule has 0 radical (unpaired) electrons. The van der Waals surface area contributed by atoms with Gasteiger partial charge in [0.05, 0.1) is 22.3 Å². The lowest BCUT2D eigenvalue weighted by Crippen LogP contribution is -2.58. The van der Waals surface area contributed by atoms with Crippen molar-refractivity contribution in [1.82, 2.24) is 9.88 Å². The first-order valence-electron chi connectivity index (χ1n) is 13.6. The van der Waals surface area contributed by atoms with Gasteiger partial charge in [-0.15, -0.1) is 0 Å². The number of anilines is 2.